The topological polar surface area (TPSA) is 81.4 Å². The number of sulfonamides is 1. The van der Waals surface area contributed by atoms with E-state index < -0.39 is 32.4 Å². The van der Waals surface area contributed by atoms with E-state index in [-0.39, 0.29) is 10.3 Å². The fourth-order valence-electron chi connectivity index (χ4n) is 1.78. The first-order valence-corrected chi connectivity index (χ1v) is 9.11. The van der Waals surface area contributed by atoms with Crippen LogP contribution in [0.4, 0.5) is 19.0 Å². The maximum Gasteiger partial charge on any atom is 0.573 e. The summed E-state index contributed by atoms with van der Waals surface area (Å²) in [4.78, 5) is -0.687. The molecule has 25 heavy (non-hydrogen) atoms. The Bertz CT molecular complexity index is 873. The largest absolute Gasteiger partial charge is 0.573 e. The van der Waals surface area contributed by atoms with E-state index in [1.807, 2.05) is 20.8 Å². The van der Waals surface area contributed by atoms with Crippen LogP contribution in [-0.4, -0.2) is 19.9 Å². The second-order valence-corrected chi connectivity index (χ2v) is 8.64. The number of aromatic nitrogens is 1. The lowest BCUT2D eigenvalue weighted by Gasteiger charge is -2.14. The molecular formula is C14H14BrF3N2O4S. The normalized spacial score (nSPS) is 12.9. The van der Waals surface area contributed by atoms with Gasteiger partial charge in [-0.2, -0.15) is 0 Å². The van der Waals surface area contributed by atoms with Crippen LogP contribution in [0, 0.1) is 0 Å². The molecule has 2 aromatic rings. The van der Waals surface area contributed by atoms with Gasteiger partial charge in [0.25, 0.3) is 10.0 Å². The van der Waals surface area contributed by atoms with Crippen LogP contribution in [0.2, 0.25) is 0 Å². The van der Waals surface area contributed by atoms with Crippen LogP contribution in [-0.2, 0) is 15.4 Å². The SMILES string of the molecule is CC(C)(C)c1cc(NS(=O)(=O)c2ccc(Br)cc2OC(F)(F)F)no1. The highest BCUT2D eigenvalue weighted by molar-refractivity contribution is 9.10. The lowest BCUT2D eigenvalue weighted by Crippen LogP contribution is -2.21. The van der Waals surface area contributed by atoms with Crippen molar-refractivity contribution in [3.63, 3.8) is 0 Å². The number of halogens is 4. The average molecular weight is 443 g/mol. The molecule has 0 aliphatic heterocycles. The van der Waals surface area contributed by atoms with Gasteiger partial charge in [-0.05, 0) is 18.2 Å². The predicted octanol–water partition coefficient (Wildman–Crippen LogP) is 4.43. The Morgan fingerprint density at radius 1 is 1.20 bits per heavy atom. The fourth-order valence-corrected chi connectivity index (χ4v) is 3.21. The molecule has 0 atom stereocenters. The van der Waals surface area contributed by atoms with Crippen molar-refractivity contribution in [2.45, 2.75) is 37.4 Å². The van der Waals surface area contributed by atoms with Gasteiger partial charge >= 0.3 is 6.36 Å². The lowest BCUT2D eigenvalue weighted by molar-refractivity contribution is -0.275. The molecule has 1 aromatic carbocycles. The molecule has 1 aromatic heterocycles. The number of hydrogen-bond donors (Lipinski definition) is 1. The smallest absolute Gasteiger partial charge is 0.404 e. The number of benzene rings is 1. The zero-order valence-corrected chi connectivity index (χ0v) is 15.7. The highest BCUT2D eigenvalue weighted by atomic mass is 79.9. The van der Waals surface area contributed by atoms with E-state index in [4.69, 9.17) is 4.52 Å². The molecule has 11 heteroatoms. The van der Waals surface area contributed by atoms with Crippen LogP contribution in [0.15, 0.2) is 38.2 Å². The monoisotopic (exact) mass is 442 g/mol. The third kappa shape index (κ3) is 5.11. The van der Waals surface area contributed by atoms with E-state index in [0.717, 1.165) is 12.1 Å². The number of nitrogens with zero attached hydrogens (tertiary/aromatic N) is 1. The Hall–Kier alpha value is -1.75. The number of rotatable bonds is 4. The van der Waals surface area contributed by atoms with Crippen molar-refractivity contribution in [3.05, 3.63) is 34.5 Å². The van der Waals surface area contributed by atoms with Crippen LogP contribution >= 0.6 is 15.9 Å². The molecule has 2 rings (SSSR count). The molecule has 0 amide bonds. The lowest BCUT2D eigenvalue weighted by atomic mass is 9.93. The summed E-state index contributed by atoms with van der Waals surface area (Å²) in [5.41, 5.74) is -0.418. The van der Waals surface area contributed by atoms with Crippen molar-refractivity contribution in [1.82, 2.24) is 5.16 Å². The zero-order valence-electron chi connectivity index (χ0n) is 13.3. The molecule has 1 heterocycles. The molecular weight excluding hydrogens is 429 g/mol. The van der Waals surface area contributed by atoms with Crippen LogP contribution in [0.25, 0.3) is 0 Å². The van der Waals surface area contributed by atoms with E-state index >= 15 is 0 Å². The number of hydrogen-bond acceptors (Lipinski definition) is 5. The van der Waals surface area contributed by atoms with Gasteiger partial charge in [0, 0.05) is 16.0 Å². The van der Waals surface area contributed by atoms with Gasteiger partial charge in [0.1, 0.15) is 10.7 Å². The molecule has 0 aliphatic carbocycles. The fraction of sp³-hybridized carbons (Fsp3) is 0.357. The van der Waals surface area contributed by atoms with Gasteiger partial charge in [0.2, 0.25) is 0 Å². The predicted molar refractivity (Wildman–Crippen MR) is 86.8 cm³/mol. The minimum atomic E-state index is -5.04. The third-order valence-electron chi connectivity index (χ3n) is 2.91. The highest BCUT2D eigenvalue weighted by Crippen LogP contribution is 2.33. The van der Waals surface area contributed by atoms with Crippen molar-refractivity contribution in [1.29, 1.82) is 0 Å². The van der Waals surface area contributed by atoms with E-state index in [1.54, 1.807) is 0 Å². The van der Waals surface area contributed by atoms with Gasteiger partial charge < -0.3 is 9.26 Å². The summed E-state index contributed by atoms with van der Waals surface area (Å²) in [6, 6.07) is 4.53. The minimum absolute atomic E-state index is 0.147. The quantitative estimate of drug-likeness (QED) is 0.756. The van der Waals surface area contributed by atoms with Crippen LogP contribution < -0.4 is 9.46 Å². The van der Waals surface area contributed by atoms with Crippen molar-refractivity contribution in [3.8, 4) is 5.75 Å². The molecule has 1 N–H and O–H groups in total. The van der Waals surface area contributed by atoms with Crippen molar-refractivity contribution >= 4 is 31.8 Å². The van der Waals surface area contributed by atoms with Crippen LogP contribution in [0.5, 0.6) is 5.75 Å². The first kappa shape index (κ1) is 19.6. The summed E-state index contributed by atoms with van der Waals surface area (Å²) < 4.78 is 73.6. The molecule has 0 saturated carbocycles. The minimum Gasteiger partial charge on any atom is -0.404 e. The van der Waals surface area contributed by atoms with Crippen LogP contribution in [0.1, 0.15) is 26.5 Å². The van der Waals surface area contributed by atoms with Gasteiger partial charge in [0.15, 0.2) is 11.6 Å². The summed E-state index contributed by atoms with van der Waals surface area (Å²) in [6.45, 7) is 5.49. The third-order valence-corrected chi connectivity index (χ3v) is 4.80. The van der Waals surface area contributed by atoms with Gasteiger partial charge in [0.05, 0.1) is 0 Å². The number of ether oxygens (including phenoxy) is 1. The van der Waals surface area contributed by atoms with E-state index in [9.17, 15) is 21.6 Å². The molecule has 0 fully saturated rings. The molecule has 0 aliphatic rings. The summed E-state index contributed by atoms with van der Waals surface area (Å²) in [5.74, 6) is -0.604. The number of nitrogens with one attached hydrogen (secondary N) is 1. The molecule has 138 valence electrons. The Kier molecular flexibility index (Phi) is 5.11. The summed E-state index contributed by atoms with van der Waals surface area (Å²) in [5, 5.41) is 3.58. The molecule has 0 spiro atoms. The second-order valence-electron chi connectivity index (χ2n) is 6.07. The average Bonchev–Trinajstić information content (AvgIpc) is 2.83. The van der Waals surface area contributed by atoms with Gasteiger partial charge in [-0.1, -0.05) is 41.9 Å². The van der Waals surface area contributed by atoms with Gasteiger partial charge in [-0.3, -0.25) is 4.72 Å². The van der Waals surface area contributed by atoms with Gasteiger partial charge in [-0.25, -0.2) is 8.42 Å². The summed E-state index contributed by atoms with van der Waals surface area (Å²) >= 11 is 2.97. The zero-order chi connectivity index (χ0) is 19.0. The Morgan fingerprint density at radius 2 is 1.84 bits per heavy atom. The van der Waals surface area contributed by atoms with Crippen molar-refractivity contribution in [2.24, 2.45) is 0 Å². The molecule has 0 saturated heterocycles. The van der Waals surface area contributed by atoms with E-state index in [1.165, 1.54) is 12.1 Å². The van der Waals surface area contributed by atoms with Gasteiger partial charge in [-0.15, -0.1) is 13.2 Å². The maximum absolute atomic E-state index is 12.5. The highest BCUT2D eigenvalue weighted by Gasteiger charge is 2.34. The Morgan fingerprint density at radius 3 is 2.36 bits per heavy atom. The molecule has 0 unspecified atom stereocenters. The van der Waals surface area contributed by atoms with Crippen LogP contribution in [0.3, 0.4) is 0 Å². The molecule has 0 bridgehead atoms. The number of alkyl halides is 3. The molecule has 6 nitrogen and oxygen atoms in total. The molecule has 0 radical (unpaired) electrons. The van der Waals surface area contributed by atoms with E-state index in [0.29, 0.717) is 5.76 Å². The second kappa shape index (κ2) is 6.52. The standard InChI is InChI=1S/C14H14BrF3N2O4S/c1-13(2,3)11-7-12(19-24-11)20-25(21,22)10-5-4-8(15)6-9(10)23-14(16,17)18/h4-7H,1-3H3,(H,19,20). The first-order chi connectivity index (χ1) is 11.3. The number of anilines is 1. The summed E-state index contributed by atoms with van der Waals surface area (Å²) in [6.07, 6.45) is -5.04. The summed E-state index contributed by atoms with van der Waals surface area (Å²) in [7, 11) is -4.38. The van der Waals surface area contributed by atoms with Crippen molar-refractivity contribution in [2.75, 3.05) is 4.72 Å². The first-order valence-electron chi connectivity index (χ1n) is 6.83. The Balaban J connectivity index is 2.38. The Labute approximate surface area is 150 Å². The van der Waals surface area contributed by atoms with E-state index in [2.05, 4.69) is 30.5 Å². The maximum atomic E-state index is 12.5. The van der Waals surface area contributed by atoms with Crippen molar-refractivity contribution < 1.29 is 30.8 Å².